The van der Waals surface area contributed by atoms with Gasteiger partial charge in [0.25, 0.3) is 0 Å². The minimum atomic E-state index is 0.745. The molecule has 0 aromatic heterocycles. The van der Waals surface area contributed by atoms with Crippen LogP contribution in [0.2, 0.25) is 0 Å². The molecule has 2 nitrogen and oxygen atoms in total. The standard InChI is InChI=1S/C13H20N2S/c1-15(13-5-3-2-4-6-13)9-8-14-12-7-10-16-11-12/h2-6,12,14H,7-11H2,1H3. The van der Waals surface area contributed by atoms with Gasteiger partial charge in [-0.25, -0.2) is 0 Å². The molecule has 1 unspecified atom stereocenters. The van der Waals surface area contributed by atoms with Crippen molar-refractivity contribution in [3.05, 3.63) is 30.3 Å². The van der Waals surface area contributed by atoms with E-state index in [2.05, 4.69) is 59.4 Å². The first kappa shape index (κ1) is 11.8. The molecule has 3 heteroatoms. The van der Waals surface area contributed by atoms with Crippen molar-refractivity contribution in [1.82, 2.24) is 5.32 Å². The predicted molar refractivity (Wildman–Crippen MR) is 73.4 cm³/mol. The first-order chi connectivity index (χ1) is 7.86. The minimum Gasteiger partial charge on any atom is -0.373 e. The molecule has 1 aromatic rings. The molecule has 1 N–H and O–H groups in total. The molecular weight excluding hydrogens is 216 g/mol. The predicted octanol–water partition coefficient (Wildman–Crippen LogP) is 2.22. The summed E-state index contributed by atoms with van der Waals surface area (Å²) in [6, 6.07) is 11.3. The molecule has 0 bridgehead atoms. The van der Waals surface area contributed by atoms with Gasteiger partial charge in [0.1, 0.15) is 0 Å². The monoisotopic (exact) mass is 236 g/mol. The van der Waals surface area contributed by atoms with Crippen molar-refractivity contribution in [2.24, 2.45) is 0 Å². The SMILES string of the molecule is CN(CCNC1CCSC1)c1ccccc1. The lowest BCUT2D eigenvalue weighted by Gasteiger charge is -2.20. The maximum Gasteiger partial charge on any atom is 0.0364 e. The molecule has 1 fully saturated rings. The zero-order valence-electron chi connectivity index (χ0n) is 9.86. The van der Waals surface area contributed by atoms with Gasteiger partial charge in [-0.05, 0) is 24.3 Å². The highest BCUT2D eigenvalue weighted by atomic mass is 32.2. The Bertz CT molecular complexity index is 296. The summed E-state index contributed by atoms with van der Waals surface area (Å²) in [6.45, 7) is 2.15. The van der Waals surface area contributed by atoms with Gasteiger partial charge in [-0.15, -0.1) is 0 Å². The number of nitrogens with one attached hydrogen (secondary N) is 1. The summed E-state index contributed by atoms with van der Waals surface area (Å²) in [7, 11) is 2.15. The number of hydrogen-bond donors (Lipinski definition) is 1. The highest BCUT2D eigenvalue weighted by molar-refractivity contribution is 7.99. The molecule has 16 heavy (non-hydrogen) atoms. The normalized spacial score (nSPS) is 19.9. The fourth-order valence-corrected chi connectivity index (χ4v) is 3.13. The maximum absolute atomic E-state index is 3.62. The lowest BCUT2D eigenvalue weighted by molar-refractivity contribution is 0.560. The van der Waals surface area contributed by atoms with E-state index in [0.717, 1.165) is 19.1 Å². The number of para-hydroxylation sites is 1. The topological polar surface area (TPSA) is 15.3 Å². The Hall–Kier alpha value is -0.670. The molecular formula is C13H20N2S. The second-order valence-electron chi connectivity index (χ2n) is 4.27. The molecule has 0 radical (unpaired) electrons. The molecule has 1 saturated heterocycles. The molecule has 1 heterocycles. The molecule has 0 amide bonds. The Morgan fingerprint density at radius 1 is 1.38 bits per heavy atom. The van der Waals surface area contributed by atoms with Crippen LogP contribution >= 0.6 is 11.8 Å². The third-order valence-electron chi connectivity index (χ3n) is 3.01. The van der Waals surface area contributed by atoms with Crippen LogP contribution in [0.1, 0.15) is 6.42 Å². The van der Waals surface area contributed by atoms with E-state index >= 15 is 0 Å². The third kappa shape index (κ3) is 3.42. The lowest BCUT2D eigenvalue weighted by atomic mass is 10.2. The van der Waals surface area contributed by atoms with Crippen LogP contribution in [0.25, 0.3) is 0 Å². The van der Waals surface area contributed by atoms with Crippen LogP contribution in [0, 0.1) is 0 Å². The second-order valence-corrected chi connectivity index (χ2v) is 5.42. The van der Waals surface area contributed by atoms with Crippen LogP contribution in [0.3, 0.4) is 0 Å². The number of likely N-dealkylation sites (N-methyl/N-ethyl adjacent to an activating group) is 1. The summed E-state index contributed by atoms with van der Waals surface area (Å²) in [5.41, 5.74) is 1.30. The van der Waals surface area contributed by atoms with Crippen molar-refractivity contribution >= 4 is 17.4 Å². The molecule has 0 spiro atoms. The van der Waals surface area contributed by atoms with E-state index in [0.29, 0.717) is 0 Å². The Labute approximate surface area is 102 Å². The number of anilines is 1. The number of benzene rings is 1. The zero-order valence-corrected chi connectivity index (χ0v) is 10.7. The van der Waals surface area contributed by atoms with Crippen LogP contribution in [0.15, 0.2) is 30.3 Å². The van der Waals surface area contributed by atoms with Gasteiger partial charge in [0.15, 0.2) is 0 Å². The molecule has 88 valence electrons. The largest absolute Gasteiger partial charge is 0.373 e. The van der Waals surface area contributed by atoms with E-state index < -0.39 is 0 Å². The first-order valence-corrected chi connectivity index (χ1v) is 7.09. The van der Waals surface area contributed by atoms with Gasteiger partial charge in [-0.3, -0.25) is 0 Å². The highest BCUT2D eigenvalue weighted by Crippen LogP contribution is 2.16. The Morgan fingerprint density at radius 2 is 2.19 bits per heavy atom. The summed E-state index contributed by atoms with van der Waals surface area (Å²) in [6.07, 6.45) is 1.33. The molecule has 1 atom stereocenters. The summed E-state index contributed by atoms with van der Waals surface area (Å²) in [5, 5.41) is 3.62. The van der Waals surface area contributed by atoms with Gasteiger partial charge in [0, 0.05) is 37.6 Å². The zero-order chi connectivity index (χ0) is 11.2. The van der Waals surface area contributed by atoms with E-state index in [-0.39, 0.29) is 0 Å². The van der Waals surface area contributed by atoms with Crippen molar-refractivity contribution < 1.29 is 0 Å². The second kappa shape index (κ2) is 6.16. The fraction of sp³-hybridized carbons (Fsp3) is 0.538. The van der Waals surface area contributed by atoms with Crippen molar-refractivity contribution in [3.8, 4) is 0 Å². The highest BCUT2D eigenvalue weighted by Gasteiger charge is 2.14. The number of thioether (sulfide) groups is 1. The Kier molecular flexibility index (Phi) is 4.55. The van der Waals surface area contributed by atoms with Gasteiger partial charge in [0.05, 0.1) is 0 Å². The summed E-state index contributed by atoms with van der Waals surface area (Å²) < 4.78 is 0. The van der Waals surface area contributed by atoms with Crippen molar-refractivity contribution in [3.63, 3.8) is 0 Å². The van der Waals surface area contributed by atoms with Crippen LogP contribution in [0.4, 0.5) is 5.69 Å². The number of rotatable bonds is 5. The van der Waals surface area contributed by atoms with Gasteiger partial charge < -0.3 is 10.2 Å². The summed E-state index contributed by atoms with van der Waals surface area (Å²) >= 11 is 2.06. The van der Waals surface area contributed by atoms with Gasteiger partial charge in [0.2, 0.25) is 0 Å². The van der Waals surface area contributed by atoms with Crippen LogP contribution < -0.4 is 10.2 Å². The number of nitrogens with zero attached hydrogens (tertiary/aromatic N) is 1. The third-order valence-corrected chi connectivity index (χ3v) is 4.17. The molecule has 0 aliphatic carbocycles. The smallest absolute Gasteiger partial charge is 0.0364 e. The molecule has 1 aliphatic heterocycles. The average Bonchev–Trinajstić information content (AvgIpc) is 2.83. The molecule has 1 aromatic carbocycles. The van der Waals surface area contributed by atoms with Crippen LogP contribution in [-0.2, 0) is 0 Å². The number of hydrogen-bond acceptors (Lipinski definition) is 3. The lowest BCUT2D eigenvalue weighted by Crippen LogP contribution is -2.35. The maximum atomic E-state index is 3.62. The van der Waals surface area contributed by atoms with Gasteiger partial charge in [-0.1, -0.05) is 18.2 Å². The Morgan fingerprint density at radius 3 is 2.88 bits per heavy atom. The molecule has 1 aliphatic rings. The average molecular weight is 236 g/mol. The van der Waals surface area contributed by atoms with Crippen LogP contribution in [-0.4, -0.2) is 37.7 Å². The first-order valence-electron chi connectivity index (χ1n) is 5.93. The van der Waals surface area contributed by atoms with E-state index in [9.17, 15) is 0 Å². The fourth-order valence-electron chi connectivity index (χ4n) is 1.94. The van der Waals surface area contributed by atoms with Crippen molar-refractivity contribution in [2.75, 3.05) is 36.5 Å². The van der Waals surface area contributed by atoms with E-state index in [1.807, 2.05) is 0 Å². The summed E-state index contributed by atoms with van der Waals surface area (Å²) in [4.78, 5) is 2.30. The van der Waals surface area contributed by atoms with E-state index in [4.69, 9.17) is 0 Å². The minimum absolute atomic E-state index is 0.745. The van der Waals surface area contributed by atoms with Gasteiger partial charge in [-0.2, -0.15) is 11.8 Å². The molecule has 2 rings (SSSR count). The van der Waals surface area contributed by atoms with Crippen LogP contribution in [0.5, 0.6) is 0 Å². The Balaban J connectivity index is 1.69. The van der Waals surface area contributed by atoms with Crippen molar-refractivity contribution in [2.45, 2.75) is 12.5 Å². The summed E-state index contributed by atoms with van der Waals surface area (Å²) in [5.74, 6) is 2.61. The van der Waals surface area contributed by atoms with E-state index in [1.165, 1.54) is 23.6 Å². The van der Waals surface area contributed by atoms with Gasteiger partial charge >= 0.3 is 0 Å². The van der Waals surface area contributed by atoms with E-state index in [1.54, 1.807) is 0 Å². The molecule has 0 saturated carbocycles. The van der Waals surface area contributed by atoms with Crippen molar-refractivity contribution in [1.29, 1.82) is 0 Å². The quantitative estimate of drug-likeness (QED) is 0.844.